The summed E-state index contributed by atoms with van der Waals surface area (Å²) in [4.78, 5) is 4.45. The van der Waals surface area contributed by atoms with E-state index in [0.717, 1.165) is 35.6 Å². The number of aryl methyl sites for hydroxylation is 2. The van der Waals surface area contributed by atoms with Crippen molar-refractivity contribution in [2.45, 2.75) is 39.3 Å². The molecule has 1 atom stereocenters. The van der Waals surface area contributed by atoms with E-state index < -0.39 is 6.10 Å². The Morgan fingerprint density at radius 1 is 1.08 bits per heavy atom. The van der Waals surface area contributed by atoms with Crippen LogP contribution in [0, 0.1) is 0 Å². The lowest BCUT2D eigenvalue weighted by Crippen LogP contribution is -2.25. The molecule has 1 unspecified atom stereocenters. The molecule has 0 radical (unpaired) electrons. The van der Waals surface area contributed by atoms with Gasteiger partial charge in [-0.25, -0.2) is 9.67 Å². The molecule has 0 aliphatic carbocycles. The summed E-state index contributed by atoms with van der Waals surface area (Å²) in [6.07, 6.45) is 0.961. The SMILES string of the molecule is CCc1nc(CC)n(CC(O)COc2ccc3ccccc3c2)n1. The first-order chi connectivity index (χ1) is 11.7. The molecule has 2 aromatic carbocycles. The Morgan fingerprint density at radius 2 is 1.88 bits per heavy atom. The lowest BCUT2D eigenvalue weighted by atomic mass is 10.1. The third kappa shape index (κ3) is 3.74. The first-order valence-electron chi connectivity index (χ1n) is 8.41. The lowest BCUT2D eigenvalue weighted by molar-refractivity contribution is 0.0884. The minimum Gasteiger partial charge on any atom is -0.491 e. The fraction of sp³-hybridized carbons (Fsp3) is 0.368. The highest BCUT2D eigenvalue weighted by Gasteiger charge is 2.12. The fourth-order valence-electron chi connectivity index (χ4n) is 2.69. The lowest BCUT2D eigenvalue weighted by Gasteiger charge is -2.14. The van der Waals surface area contributed by atoms with Gasteiger partial charge in [0.2, 0.25) is 0 Å². The van der Waals surface area contributed by atoms with Crippen LogP contribution < -0.4 is 4.74 Å². The Kier molecular flexibility index (Phi) is 5.11. The maximum absolute atomic E-state index is 10.3. The zero-order valence-electron chi connectivity index (χ0n) is 14.1. The van der Waals surface area contributed by atoms with Crippen molar-refractivity contribution in [3.05, 3.63) is 54.1 Å². The van der Waals surface area contributed by atoms with Crippen LogP contribution in [0.5, 0.6) is 5.75 Å². The van der Waals surface area contributed by atoms with E-state index in [9.17, 15) is 5.11 Å². The highest BCUT2D eigenvalue weighted by Crippen LogP contribution is 2.20. The second-order valence-corrected chi connectivity index (χ2v) is 5.81. The summed E-state index contributed by atoms with van der Waals surface area (Å²) in [7, 11) is 0. The van der Waals surface area contributed by atoms with Crippen molar-refractivity contribution in [2.75, 3.05) is 6.61 Å². The molecule has 0 spiro atoms. The molecule has 5 nitrogen and oxygen atoms in total. The number of aliphatic hydroxyl groups is 1. The number of aromatic nitrogens is 3. The van der Waals surface area contributed by atoms with Crippen molar-refractivity contribution in [2.24, 2.45) is 0 Å². The van der Waals surface area contributed by atoms with Crippen molar-refractivity contribution in [1.29, 1.82) is 0 Å². The Hall–Kier alpha value is -2.40. The number of hydrogen-bond donors (Lipinski definition) is 1. The molecule has 5 heteroatoms. The predicted octanol–water partition coefficient (Wildman–Crippen LogP) is 3.00. The maximum atomic E-state index is 10.3. The third-order valence-corrected chi connectivity index (χ3v) is 3.97. The van der Waals surface area contributed by atoms with Crippen LogP contribution in [0.1, 0.15) is 25.5 Å². The predicted molar refractivity (Wildman–Crippen MR) is 94.2 cm³/mol. The van der Waals surface area contributed by atoms with E-state index in [0.29, 0.717) is 6.54 Å². The molecule has 0 aliphatic heterocycles. The van der Waals surface area contributed by atoms with E-state index in [4.69, 9.17) is 4.74 Å². The van der Waals surface area contributed by atoms with Gasteiger partial charge < -0.3 is 9.84 Å². The Balaban J connectivity index is 1.62. The quantitative estimate of drug-likeness (QED) is 0.725. The van der Waals surface area contributed by atoms with Crippen molar-refractivity contribution >= 4 is 10.8 Å². The largest absolute Gasteiger partial charge is 0.491 e. The van der Waals surface area contributed by atoms with Gasteiger partial charge in [-0.3, -0.25) is 0 Å². The van der Waals surface area contributed by atoms with E-state index in [1.165, 1.54) is 5.39 Å². The number of rotatable bonds is 7. The smallest absolute Gasteiger partial charge is 0.150 e. The van der Waals surface area contributed by atoms with Gasteiger partial charge in [-0.05, 0) is 22.9 Å². The molecular weight excluding hydrogens is 302 g/mol. The summed E-state index contributed by atoms with van der Waals surface area (Å²) in [5.41, 5.74) is 0. The normalized spacial score (nSPS) is 12.5. The number of nitrogens with zero attached hydrogens (tertiary/aromatic N) is 3. The Bertz CT molecular complexity index is 813. The van der Waals surface area contributed by atoms with Crippen molar-refractivity contribution in [1.82, 2.24) is 14.8 Å². The Labute approximate surface area is 141 Å². The van der Waals surface area contributed by atoms with Gasteiger partial charge in [-0.2, -0.15) is 5.10 Å². The highest BCUT2D eigenvalue weighted by atomic mass is 16.5. The molecule has 0 saturated carbocycles. The van der Waals surface area contributed by atoms with Gasteiger partial charge in [0.1, 0.15) is 24.3 Å². The summed E-state index contributed by atoms with van der Waals surface area (Å²) in [6, 6.07) is 14.1. The second-order valence-electron chi connectivity index (χ2n) is 5.81. The highest BCUT2D eigenvalue weighted by molar-refractivity contribution is 5.83. The standard InChI is InChI=1S/C19H23N3O2/c1-3-18-20-19(4-2)22(21-18)12-16(23)13-24-17-10-9-14-7-5-6-8-15(14)11-17/h5-11,16,23H,3-4,12-13H2,1-2H3. The molecule has 0 saturated heterocycles. The third-order valence-electron chi connectivity index (χ3n) is 3.97. The van der Waals surface area contributed by atoms with Gasteiger partial charge in [-0.15, -0.1) is 0 Å². The van der Waals surface area contributed by atoms with E-state index in [2.05, 4.69) is 16.1 Å². The summed E-state index contributed by atoms with van der Waals surface area (Å²) in [6.45, 7) is 4.68. The van der Waals surface area contributed by atoms with Crippen LogP contribution in [0.15, 0.2) is 42.5 Å². The molecule has 1 aromatic heterocycles. The van der Waals surface area contributed by atoms with Crippen molar-refractivity contribution in [3.8, 4) is 5.75 Å². The minimum absolute atomic E-state index is 0.225. The van der Waals surface area contributed by atoms with Crippen LogP contribution in [0.2, 0.25) is 0 Å². The average Bonchev–Trinajstić information content (AvgIpc) is 3.01. The summed E-state index contributed by atoms with van der Waals surface area (Å²) < 4.78 is 7.53. The van der Waals surface area contributed by atoms with E-state index in [1.54, 1.807) is 4.68 Å². The maximum Gasteiger partial charge on any atom is 0.150 e. The van der Waals surface area contributed by atoms with Crippen LogP contribution in [0.4, 0.5) is 0 Å². The van der Waals surface area contributed by atoms with Gasteiger partial charge in [-0.1, -0.05) is 44.2 Å². The van der Waals surface area contributed by atoms with Crippen molar-refractivity contribution < 1.29 is 9.84 Å². The summed E-state index contributed by atoms with van der Waals surface area (Å²) in [5, 5.41) is 17.0. The number of benzene rings is 2. The first-order valence-corrected chi connectivity index (χ1v) is 8.41. The monoisotopic (exact) mass is 325 g/mol. The van der Waals surface area contributed by atoms with Crippen LogP contribution in [-0.4, -0.2) is 32.6 Å². The zero-order chi connectivity index (χ0) is 16.9. The molecule has 3 aromatic rings. The Morgan fingerprint density at radius 3 is 2.62 bits per heavy atom. The van der Waals surface area contributed by atoms with Crippen LogP contribution in [0.3, 0.4) is 0 Å². The topological polar surface area (TPSA) is 60.2 Å². The number of fused-ring (bicyclic) bond motifs is 1. The van der Waals surface area contributed by atoms with Gasteiger partial charge >= 0.3 is 0 Å². The molecule has 3 rings (SSSR count). The molecule has 24 heavy (non-hydrogen) atoms. The van der Waals surface area contributed by atoms with E-state index in [-0.39, 0.29) is 6.61 Å². The molecule has 126 valence electrons. The minimum atomic E-state index is -0.631. The van der Waals surface area contributed by atoms with E-state index in [1.807, 2.05) is 50.2 Å². The zero-order valence-corrected chi connectivity index (χ0v) is 14.1. The van der Waals surface area contributed by atoms with Crippen LogP contribution in [-0.2, 0) is 19.4 Å². The molecule has 0 amide bonds. The average molecular weight is 325 g/mol. The first kappa shape index (κ1) is 16.5. The fourth-order valence-corrected chi connectivity index (χ4v) is 2.69. The molecule has 1 heterocycles. The molecule has 0 bridgehead atoms. The van der Waals surface area contributed by atoms with Crippen LogP contribution >= 0.6 is 0 Å². The van der Waals surface area contributed by atoms with Crippen LogP contribution in [0.25, 0.3) is 10.8 Å². The molecule has 1 N–H and O–H groups in total. The van der Waals surface area contributed by atoms with Gasteiger partial charge in [0.25, 0.3) is 0 Å². The summed E-state index contributed by atoms with van der Waals surface area (Å²) in [5.74, 6) is 2.47. The number of aliphatic hydroxyl groups excluding tert-OH is 1. The van der Waals surface area contributed by atoms with Gasteiger partial charge in [0.05, 0.1) is 6.54 Å². The molecular formula is C19H23N3O2. The van der Waals surface area contributed by atoms with E-state index >= 15 is 0 Å². The second kappa shape index (κ2) is 7.45. The van der Waals surface area contributed by atoms with Gasteiger partial charge in [0, 0.05) is 12.8 Å². The van der Waals surface area contributed by atoms with Crippen molar-refractivity contribution in [3.63, 3.8) is 0 Å². The molecule has 0 aliphatic rings. The summed E-state index contributed by atoms with van der Waals surface area (Å²) >= 11 is 0. The number of ether oxygens (including phenoxy) is 1. The molecule has 0 fully saturated rings. The van der Waals surface area contributed by atoms with Gasteiger partial charge in [0.15, 0.2) is 5.82 Å². The number of hydrogen-bond acceptors (Lipinski definition) is 4.